The first-order valence-electron chi connectivity index (χ1n) is 7.35. The van der Waals surface area contributed by atoms with Crippen molar-refractivity contribution in [2.45, 2.75) is 72.3 Å². The van der Waals surface area contributed by atoms with Crippen molar-refractivity contribution in [1.29, 1.82) is 0 Å². The normalized spacial score (nSPS) is 27.2. The highest BCUT2D eigenvalue weighted by Gasteiger charge is 2.17. The van der Waals surface area contributed by atoms with E-state index < -0.39 is 0 Å². The van der Waals surface area contributed by atoms with E-state index in [9.17, 15) is 0 Å². The van der Waals surface area contributed by atoms with Crippen molar-refractivity contribution in [1.82, 2.24) is 5.32 Å². The number of rotatable bonds is 4. The molecule has 0 aliphatic heterocycles. The lowest BCUT2D eigenvalue weighted by Crippen LogP contribution is -2.37. The number of hydrogen-bond donors (Lipinski definition) is 1. The maximum Gasteiger partial charge on any atom is 0.0169 e. The Morgan fingerprint density at radius 2 is 1.76 bits per heavy atom. The van der Waals surface area contributed by atoms with E-state index in [1.54, 1.807) is 5.57 Å². The zero-order valence-electron chi connectivity index (χ0n) is 12.5. The molecular formula is C16H31N. The molecule has 0 radical (unpaired) electrons. The summed E-state index contributed by atoms with van der Waals surface area (Å²) in [6, 6.07) is 0. The summed E-state index contributed by atoms with van der Waals surface area (Å²) in [6.07, 6.45) is 9.40. The van der Waals surface area contributed by atoms with Crippen LogP contribution >= 0.6 is 0 Å². The summed E-state index contributed by atoms with van der Waals surface area (Å²) in [6.45, 7) is 12.4. The van der Waals surface area contributed by atoms with E-state index in [1.807, 2.05) is 0 Å². The molecule has 0 aromatic rings. The zero-order chi connectivity index (χ0) is 12.9. The van der Waals surface area contributed by atoms with Gasteiger partial charge in [-0.1, -0.05) is 38.3 Å². The molecule has 1 saturated carbocycles. The lowest BCUT2D eigenvalue weighted by atomic mass is 9.82. The van der Waals surface area contributed by atoms with E-state index in [0.29, 0.717) is 0 Å². The van der Waals surface area contributed by atoms with Gasteiger partial charge in [-0.3, -0.25) is 0 Å². The second kappa shape index (κ2) is 6.58. The zero-order valence-corrected chi connectivity index (χ0v) is 12.5. The summed E-state index contributed by atoms with van der Waals surface area (Å²) in [5.41, 5.74) is 1.83. The summed E-state index contributed by atoms with van der Waals surface area (Å²) in [5, 5.41) is 3.60. The van der Waals surface area contributed by atoms with Crippen molar-refractivity contribution in [3.63, 3.8) is 0 Å². The van der Waals surface area contributed by atoms with Crippen LogP contribution in [-0.2, 0) is 0 Å². The molecule has 1 N–H and O–H groups in total. The standard InChI is InChI=1S/C16H31N/c1-6-14(12-17-16(3,4)5)11-15-9-7-13(2)8-10-15/h11,13,15,17H,6-10,12H2,1-5H3/b14-11+. The van der Waals surface area contributed by atoms with Crippen LogP contribution in [0.5, 0.6) is 0 Å². The minimum Gasteiger partial charge on any atom is -0.308 e. The van der Waals surface area contributed by atoms with Gasteiger partial charge in [-0.2, -0.15) is 0 Å². The summed E-state index contributed by atoms with van der Waals surface area (Å²) in [7, 11) is 0. The molecule has 1 nitrogen and oxygen atoms in total. The van der Waals surface area contributed by atoms with Gasteiger partial charge in [0.25, 0.3) is 0 Å². The van der Waals surface area contributed by atoms with Crippen LogP contribution < -0.4 is 5.32 Å². The van der Waals surface area contributed by atoms with Gasteiger partial charge in [0.1, 0.15) is 0 Å². The molecule has 0 amide bonds. The third kappa shape index (κ3) is 6.26. The van der Waals surface area contributed by atoms with Crippen molar-refractivity contribution in [2.75, 3.05) is 6.54 Å². The molecule has 0 spiro atoms. The molecule has 1 heteroatoms. The largest absolute Gasteiger partial charge is 0.308 e. The van der Waals surface area contributed by atoms with Crippen LogP contribution in [0.25, 0.3) is 0 Å². The Hall–Kier alpha value is -0.300. The highest BCUT2D eigenvalue weighted by molar-refractivity contribution is 5.07. The molecule has 1 aliphatic rings. The fourth-order valence-electron chi connectivity index (χ4n) is 2.47. The van der Waals surface area contributed by atoms with Crippen molar-refractivity contribution in [2.24, 2.45) is 11.8 Å². The topological polar surface area (TPSA) is 12.0 Å². The monoisotopic (exact) mass is 237 g/mol. The van der Waals surface area contributed by atoms with Crippen LogP contribution in [-0.4, -0.2) is 12.1 Å². The number of allylic oxidation sites excluding steroid dienone is 1. The van der Waals surface area contributed by atoms with Crippen molar-refractivity contribution < 1.29 is 0 Å². The Kier molecular flexibility index (Phi) is 5.72. The van der Waals surface area contributed by atoms with E-state index in [-0.39, 0.29) is 5.54 Å². The van der Waals surface area contributed by atoms with E-state index in [0.717, 1.165) is 18.4 Å². The number of nitrogens with one attached hydrogen (secondary N) is 1. The fourth-order valence-corrected chi connectivity index (χ4v) is 2.47. The van der Waals surface area contributed by atoms with Crippen LogP contribution in [0.3, 0.4) is 0 Å². The molecule has 0 heterocycles. The van der Waals surface area contributed by atoms with Gasteiger partial charge >= 0.3 is 0 Å². The summed E-state index contributed by atoms with van der Waals surface area (Å²) < 4.78 is 0. The van der Waals surface area contributed by atoms with Crippen LogP contribution in [0.1, 0.15) is 66.7 Å². The van der Waals surface area contributed by atoms with E-state index >= 15 is 0 Å². The molecular weight excluding hydrogens is 206 g/mol. The van der Waals surface area contributed by atoms with Gasteiger partial charge in [0.2, 0.25) is 0 Å². The maximum absolute atomic E-state index is 3.60. The second-order valence-corrected chi connectivity index (χ2v) is 6.80. The van der Waals surface area contributed by atoms with Gasteiger partial charge in [0.15, 0.2) is 0 Å². The molecule has 100 valence electrons. The minimum absolute atomic E-state index is 0.231. The Balaban J connectivity index is 2.43. The third-order valence-electron chi connectivity index (χ3n) is 3.83. The molecule has 17 heavy (non-hydrogen) atoms. The molecule has 1 rings (SSSR count). The Morgan fingerprint density at radius 1 is 1.18 bits per heavy atom. The van der Waals surface area contributed by atoms with Crippen molar-refractivity contribution in [3.8, 4) is 0 Å². The van der Waals surface area contributed by atoms with Gasteiger partial charge in [0, 0.05) is 12.1 Å². The number of hydrogen-bond acceptors (Lipinski definition) is 1. The highest BCUT2D eigenvalue weighted by Crippen LogP contribution is 2.30. The maximum atomic E-state index is 3.60. The van der Waals surface area contributed by atoms with Crippen LogP contribution in [0.2, 0.25) is 0 Å². The SMILES string of the molecule is CC/C(=C\C1CCC(C)CC1)CNC(C)(C)C. The molecule has 0 atom stereocenters. The molecule has 0 bridgehead atoms. The molecule has 1 fully saturated rings. The van der Waals surface area contributed by atoms with Crippen molar-refractivity contribution in [3.05, 3.63) is 11.6 Å². The lowest BCUT2D eigenvalue weighted by Gasteiger charge is -2.26. The predicted octanol–water partition coefficient (Wildman–Crippen LogP) is 4.54. The smallest absolute Gasteiger partial charge is 0.0169 e. The second-order valence-electron chi connectivity index (χ2n) is 6.80. The highest BCUT2D eigenvalue weighted by atomic mass is 14.9. The summed E-state index contributed by atoms with van der Waals surface area (Å²) in [5.74, 6) is 1.81. The summed E-state index contributed by atoms with van der Waals surface area (Å²) in [4.78, 5) is 0. The van der Waals surface area contributed by atoms with Crippen LogP contribution in [0.15, 0.2) is 11.6 Å². The minimum atomic E-state index is 0.231. The lowest BCUT2D eigenvalue weighted by molar-refractivity contribution is 0.328. The fraction of sp³-hybridized carbons (Fsp3) is 0.875. The molecule has 0 aromatic heterocycles. The van der Waals surface area contributed by atoms with Crippen LogP contribution in [0.4, 0.5) is 0 Å². The molecule has 0 unspecified atom stereocenters. The molecule has 0 aromatic carbocycles. The first kappa shape index (κ1) is 14.8. The summed E-state index contributed by atoms with van der Waals surface area (Å²) >= 11 is 0. The van der Waals surface area contributed by atoms with Crippen LogP contribution in [0, 0.1) is 11.8 Å². The van der Waals surface area contributed by atoms with Gasteiger partial charge in [-0.05, 0) is 51.9 Å². The average Bonchev–Trinajstić information content (AvgIpc) is 2.25. The van der Waals surface area contributed by atoms with E-state index in [2.05, 4.69) is 46.0 Å². The average molecular weight is 237 g/mol. The molecule has 0 saturated heterocycles. The Morgan fingerprint density at radius 3 is 2.24 bits per heavy atom. The predicted molar refractivity (Wildman–Crippen MR) is 77.3 cm³/mol. The van der Waals surface area contributed by atoms with E-state index in [1.165, 1.54) is 32.1 Å². The third-order valence-corrected chi connectivity index (χ3v) is 3.83. The van der Waals surface area contributed by atoms with Gasteiger partial charge in [-0.15, -0.1) is 0 Å². The first-order valence-corrected chi connectivity index (χ1v) is 7.35. The van der Waals surface area contributed by atoms with Gasteiger partial charge in [-0.25, -0.2) is 0 Å². The van der Waals surface area contributed by atoms with Gasteiger partial charge in [0.05, 0.1) is 0 Å². The Labute approximate surface area is 108 Å². The van der Waals surface area contributed by atoms with Gasteiger partial charge < -0.3 is 5.32 Å². The quantitative estimate of drug-likeness (QED) is 0.708. The van der Waals surface area contributed by atoms with Crippen molar-refractivity contribution >= 4 is 0 Å². The molecule has 1 aliphatic carbocycles. The van der Waals surface area contributed by atoms with E-state index in [4.69, 9.17) is 0 Å². The Bertz CT molecular complexity index is 239. The first-order chi connectivity index (χ1) is 7.90.